The lowest BCUT2D eigenvalue weighted by molar-refractivity contribution is 0.0746. The molecule has 31 heavy (non-hydrogen) atoms. The average Bonchev–Trinajstić information content (AvgIpc) is 3.38. The van der Waals surface area contributed by atoms with Gasteiger partial charge in [-0.25, -0.2) is 0 Å². The summed E-state index contributed by atoms with van der Waals surface area (Å²) < 4.78 is 5.29. The first-order chi connectivity index (χ1) is 15.3. The quantitative estimate of drug-likeness (QED) is 0.494. The number of H-pyrrole nitrogens is 1. The summed E-state index contributed by atoms with van der Waals surface area (Å²) in [7, 11) is 1.65. The Morgan fingerprint density at radius 1 is 0.935 bits per heavy atom. The molecule has 3 aromatic carbocycles. The Morgan fingerprint density at radius 3 is 2.29 bits per heavy atom. The third kappa shape index (κ3) is 3.48. The van der Waals surface area contributed by atoms with Gasteiger partial charge in [0.15, 0.2) is 0 Å². The van der Waals surface area contributed by atoms with Gasteiger partial charge >= 0.3 is 0 Å². The fourth-order valence-electron chi connectivity index (χ4n) is 4.27. The summed E-state index contributed by atoms with van der Waals surface area (Å²) in [4.78, 5) is 15.3. The Bertz CT molecular complexity index is 1180. The summed E-state index contributed by atoms with van der Waals surface area (Å²) >= 11 is 0. The number of fused-ring (bicyclic) bond motifs is 1. The molecule has 1 atom stereocenters. The van der Waals surface area contributed by atoms with Gasteiger partial charge < -0.3 is 9.64 Å². The van der Waals surface area contributed by atoms with Crippen LogP contribution in [0.5, 0.6) is 5.75 Å². The second-order valence-corrected chi connectivity index (χ2v) is 7.64. The van der Waals surface area contributed by atoms with Crippen LogP contribution in [-0.2, 0) is 6.42 Å². The number of methoxy groups -OCH3 is 1. The number of hydrogen-bond acceptors (Lipinski definition) is 3. The maximum atomic E-state index is 13.4. The van der Waals surface area contributed by atoms with Crippen molar-refractivity contribution in [1.29, 1.82) is 0 Å². The summed E-state index contributed by atoms with van der Waals surface area (Å²) in [6, 6.07) is 28.1. The zero-order valence-electron chi connectivity index (χ0n) is 17.3. The number of aromatic nitrogens is 2. The van der Waals surface area contributed by atoms with Crippen LogP contribution in [0.2, 0.25) is 0 Å². The molecular formula is C26H23N3O2. The molecule has 0 radical (unpaired) electrons. The lowest BCUT2D eigenvalue weighted by Crippen LogP contribution is -2.31. The summed E-state index contributed by atoms with van der Waals surface area (Å²) in [6.07, 6.45) is 0.797. The Balaban J connectivity index is 1.55. The molecule has 1 aliphatic rings. The number of carbonyl (C=O) groups is 1. The van der Waals surface area contributed by atoms with Crippen LogP contribution >= 0.6 is 0 Å². The third-order valence-electron chi connectivity index (χ3n) is 5.83. The first-order valence-electron chi connectivity index (χ1n) is 10.4. The zero-order valence-corrected chi connectivity index (χ0v) is 17.3. The van der Waals surface area contributed by atoms with Gasteiger partial charge in [0.2, 0.25) is 0 Å². The van der Waals surface area contributed by atoms with Crippen molar-refractivity contribution in [2.24, 2.45) is 0 Å². The molecule has 5 heteroatoms. The highest BCUT2D eigenvalue weighted by Crippen LogP contribution is 2.42. The van der Waals surface area contributed by atoms with Gasteiger partial charge in [-0.15, -0.1) is 0 Å². The number of rotatable bonds is 6. The molecule has 2 heterocycles. The smallest absolute Gasteiger partial charge is 0.273 e. The van der Waals surface area contributed by atoms with Crippen LogP contribution in [0.4, 0.5) is 0 Å². The van der Waals surface area contributed by atoms with E-state index in [4.69, 9.17) is 4.74 Å². The van der Waals surface area contributed by atoms with Gasteiger partial charge in [0, 0.05) is 17.7 Å². The number of nitrogens with one attached hydrogen (secondary N) is 1. The van der Waals surface area contributed by atoms with Gasteiger partial charge in [0.05, 0.1) is 18.8 Å². The second-order valence-electron chi connectivity index (χ2n) is 7.64. The van der Waals surface area contributed by atoms with E-state index in [1.54, 1.807) is 7.11 Å². The number of hydrogen-bond donors (Lipinski definition) is 1. The Kier molecular flexibility index (Phi) is 5.00. The van der Waals surface area contributed by atoms with Crippen LogP contribution in [0, 0.1) is 0 Å². The minimum atomic E-state index is -0.178. The summed E-state index contributed by atoms with van der Waals surface area (Å²) in [6.45, 7) is 0.632. The van der Waals surface area contributed by atoms with E-state index in [2.05, 4.69) is 34.5 Å². The van der Waals surface area contributed by atoms with Gasteiger partial charge in [-0.1, -0.05) is 60.7 Å². The Hall–Kier alpha value is -3.86. The minimum absolute atomic E-state index is 0.00736. The number of nitrogens with zero attached hydrogens (tertiary/aromatic N) is 2. The van der Waals surface area contributed by atoms with E-state index in [0.717, 1.165) is 34.6 Å². The van der Waals surface area contributed by atoms with Crippen molar-refractivity contribution in [3.8, 4) is 17.0 Å². The second kappa shape index (κ2) is 8.11. The van der Waals surface area contributed by atoms with Crippen molar-refractivity contribution in [2.45, 2.75) is 12.5 Å². The predicted octanol–water partition coefficient (Wildman–Crippen LogP) is 4.87. The first kappa shape index (κ1) is 19.1. The molecule has 1 amide bonds. The molecule has 0 bridgehead atoms. The molecule has 1 aliphatic heterocycles. The molecule has 5 rings (SSSR count). The van der Waals surface area contributed by atoms with E-state index in [1.807, 2.05) is 65.6 Å². The van der Waals surface area contributed by atoms with E-state index >= 15 is 0 Å². The van der Waals surface area contributed by atoms with Gasteiger partial charge in [0.1, 0.15) is 11.4 Å². The van der Waals surface area contributed by atoms with Crippen molar-refractivity contribution in [2.75, 3.05) is 13.7 Å². The summed E-state index contributed by atoms with van der Waals surface area (Å²) in [5.74, 6) is 0.781. The van der Waals surface area contributed by atoms with Crippen molar-refractivity contribution in [3.63, 3.8) is 0 Å². The molecule has 154 valence electrons. The van der Waals surface area contributed by atoms with Crippen LogP contribution in [-0.4, -0.2) is 34.7 Å². The number of carbonyl (C=O) groups excluding carboxylic acids is 1. The standard InChI is InChI=1S/C26H23N3O2/c1-31-21-14-12-19(13-15-21)23-22-24(28-27-23)26(30)29(17-16-18-8-4-2-5-9-18)25(22)20-10-6-3-7-11-20/h2-15,25H,16-17H2,1H3,(H,27,28)/t25-/m0/s1. The van der Waals surface area contributed by atoms with E-state index < -0.39 is 0 Å². The van der Waals surface area contributed by atoms with Crippen LogP contribution < -0.4 is 4.74 Å². The SMILES string of the molecule is COc1ccc(-c2n[nH]c3c2[C@H](c2ccccc2)N(CCc2ccccc2)C3=O)cc1. The largest absolute Gasteiger partial charge is 0.497 e. The fraction of sp³-hybridized carbons (Fsp3) is 0.154. The molecular weight excluding hydrogens is 386 g/mol. The lowest BCUT2D eigenvalue weighted by atomic mass is 9.96. The van der Waals surface area contributed by atoms with Crippen LogP contribution in [0.25, 0.3) is 11.3 Å². The van der Waals surface area contributed by atoms with Crippen LogP contribution in [0.15, 0.2) is 84.9 Å². The highest BCUT2D eigenvalue weighted by atomic mass is 16.5. The normalized spacial score (nSPS) is 15.2. The zero-order chi connectivity index (χ0) is 21.2. The molecule has 0 saturated heterocycles. The summed E-state index contributed by atoms with van der Waals surface area (Å²) in [5, 5.41) is 7.55. The van der Waals surface area contributed by atoms with Gasteiger partial charge in [-0.3, -0.25) is 9.89 Å². The highest BCUT2D eigenvalue weighted by molar-refractivity contribution is 6.00. The average molecular weight is 409 g/mol. The molecule has 1 aromatic heterocycles. The van der Waals surface area contributed by atoms with Crippen LogP contribution in [0.1, 0.15) is 33.2 Å². The molecule has 0 fully saturated rings. The van der Waals surface area contributed by atoms with E-state index in [1.165, 1.54) is 5.56 Å². The number of amides is 1. The van der Waals surface area contributed by atoms with Gasteiger partial charge in [-0.05, 0) is 41.8 Å². The molecule has 0 aliphatic carbocycles. The Morgan fingerprint density at radius 2 is 1.61 bits per heavy atom. The molecule has 0 unspecified atom stereocenters. The van der Waals surface area contributed by atoms with E-state index in [9.17, 15) is 4.79 Å². The maximum absolute atomic E-state index is 13.4. The van der Waals surface area contributed by atoms with E-state index in [-0.39, 0.29) is 11.9 Å². The highest BCUT2D eigenvalue weighted by Gasteiger charge is 2.41. The molecule has 0 saturated carbocycles. The Labute approximate surface area is 181 Å². The first-order valence-corrected chi connectivity index (χ1v) is 10.4. The van der Waals surface area contributed by atoms with Crippen molar-refractivity contribution in [1.82, 2.24) is 15.1 Å². The molecule has 1 N–H and O–H groups in total. The monoisotopic (exact) mass is 409 g/mol. The van der Waals surface area contributed by atoms with Crippen molar-refractivity contribution in [3.05, 3.63) is 107 Å². The minimum Gasteiger partial charge on any atom is -0.497 e. The predicted molar refractivity (Wildman–Crippen MR) is 120 cm³/mol. The number of aromatic amines is 1. The number of benzene rings is 3. The third-order valence-corrected chi connectivity index (χ3v) is 5.83. The van der Waals surface area contributed by atoms with Crippen molar-refractivity contribution < 1.29 is 9.53 Å². The number of ether oxygens (including phenoxy) is 1. The maximum Gasteiger partial charge on any atom is 0.273 e. The van der Waals surface area contributed by atoms with Crippen LogP contribution in [0.3, 0.4) is 0 Å². The molecule has 4 aromatic rings. The van der Waals surface area contributed by atoms with Crippen molar-refractivity contribution >= 4 is 5.91 Å². The lowest BCUT2D eigenvalue weighted by Gasteiger charge is -2.26. The molecule has 5 nitrogen and oxygen atoms in total. The topological polar surface area (TPSA) is 58.2 Å². The fourth-order valence-corrected chi connectivity index (χ4v) is 4.27. The van der Waals surface area contributed by atoms with E-state index in [0.29, 0.717) is 12.2 Å². The van der Waals surface area contributed by atoms with Gasteiger partial charge in [-0.2, -0.15) is 5.10 Å². The van der Waals surface area contributed by atoms with Gasteiger partial charge in [0.25, 0.3) is 5.91 Å². The molecule has 0 spiro atoms. The summed E-state index contributed by atoms with van der Waals surface area (Å²) in [5.41, 5.74) is 5.58.